The molecule has 0 saturated heterocycles. The standard InChI is InChI=1S/C22H14F2N6O3/c23-14-8-9-17(16(24)11-14)25-18(31)12-30-22(32)29-10-4-7-15(20(29)27-30)21-26-19(28-33-21)13-5-2-1-3-6-13/h1-11H,12H2,(H,25,31). The number of nitrogens with zero attached hydrogens (tertiary/aromatic N) is 5. The molecule has 0 aliphatic heterocycles. The van der Waals surface area contributed by atoms with E-state index in [1.54, 1.807) is 12.1 Å². The number of nitrogens with one attached hydrogen (secondary N) is 1. The molecule has 1 amide bonds. The van der Waals surface area contributed by atoms with Crippen LogP contribution in [0, 0.1) is 11.6 Å². The summed E-state index contributed by atoms with van der Waals surface area (Å²) in [6, 6.07) is 15.2. The van der Waals surface area contributed by atoms with E-state index in [1.807, 2.05) is 30.3 Å². The summed E-state index contributed by atoms with van der Waals surface area (Å²) in [6.45, 7) is -0.490. The van der Waals surface area contributed by atoms with Crippen LogP contribution in [0.25, 0.3) is 28.5 Å². The quantitative estimate of drug-likeness (QED) is 0.443. The molecule has 5 rings (SSSR count). The topological polar surface area (TPSA) is 107 Å². The number of fused-ring (bicyclic) bond motifs is 1. The third-order valence-corrected chi connectivity index (χ3v) is 4.80. The second-order valence-corrected chi connectivity index (χ2v) is 7.02. The molecular formula is C22H14F2N6O3. The van der Waals surface area contributed by atoms with Crippen molar-refractivity contribution in [2.24, 2.45) is 0 Å². The van der Waals surface area contributed by atoms with Crippen LogP contribution in [0.4, 0.5) is 14.5 Å². The first-order valence-corrected chi connectivity index (χ1v) is 9.72. The normalized spacial score (nSPS) is 11.1. The number of hydrogen-bond donors (Lipinski definition) is 1. The van der Waals surface area contributed by atoms with Crippen LogP contribution in [0.5, 0.6) is 0 Å². The molecule has 0 radical (unpaired) electrons. The molecule has 5 aromatic rings. The van der Waals surface area contributed by atoms with Gasteiger partial charge in [-0.25, -0.2) is 22.7 Å². The van der Waals surface area contributed by atoms with Crippen LogP contribution < -0.4 is 11.0 Å². The van der Waals surface area contributed by atoms with Crippen LogP contribution in [0.2, 0.25) is 0 Å². The molecule has 33 heavy (non-hydrogen) atoms. The molecule has 9 nitrogen and oxygen atoms in total. The van der Waals surface area contributed by atoms with Gasteiger partial charge in [0.25, 0.3) is 5.89 Å². The van der Waals surface area contributed by atoms with E-state index in [2.05, 4.69) is 20.6 Å². The van der Waals surface area contributed by atoms with E-state index < -0.39 is 29.8 Å². The summed E-state index contributed by atoms with van der Waals surface area (Å²) in [4.78, 5) is 29.5. The summed E-state index contributed by atoms with van der Waals surface area (Å²) >= 11 is 0. The van der Waals surface area contributed by atoms with Crippen molar-refractivity contribution in [2.75, 3.05) is 5.32 Å². The molecule has 1 N–H and O–H groups in total. The lowest BCUT2D eigenvalue weighted by Gasteiger charge is -2.05. The number of benzene rings is 2. The van der Waals surface area contributed by atoms with Crippen molar-refractivity contribution in [3.8, 4) is 22.8 Å². The van der Waals surface area contributed by atoms with Crippen molar-refractivity contribution in [1.82, 2.24) is 24.3 Å². The first-order chi connectivity index (χ1) is 16.0. The SMILES string of the molecule is O=C(Cn1nc2c(-c3nc(-c4ccccc4)no3)cccn2c1=O)Nc1ccc(F)cc1F. The van der Waals surface area contributed by atoms with Gasteiger partial charge >= 0.3 is 5.69 Å². The molecule has 3 aromatic heterocycles. The van der Waals surface area contributed by atoms with E-state index in [4.69, 9.17) is 4.52 Å². The van der Waals surface area contributed by atoms with Gasteiger partial charge in [-0.05, 0) is 24.3 Å². The molecule has 2 aromatic carbocycles. The highest BCUT2D eigenvalue weighted by atomic mass is 19.1. The Morgan fingerprint density at radius 3 is 2.67 bits per heavy atom. The molecule has 3 heterocycles. The Bertz CT molecular complexity index is 1540. The summed E-state index contributed by atoms with van der Waals surface area (Å²) in [5.74, 6) is -1.90. The minimum atomic E-state index is -0.932. The van der Waals surface area contributed by atoms with Crippen molar-refractivity contribution < 1.29 is 18.1 Å². The number of aromatic nitrogens is 5. The fourth-order valence-corrected chi connectivity index (χ4v) is 3.26. The van der Waals surface area contributed by atoms with Crippen molar-refractivity contribution in [3.05, 3.63) is 89.0 Å². The van der Waals surface area contributed by atoms with Gasteiger partial charge in [0, 0.05) is 17.8 Å². The van der Waals surface area contributed by atoms with Crippen molar-refractivity contribution in [2.45, 2.75) is 6.54 Å². The van der Waals surface area contributed by atoms with Crippen LogP contribution in [0.15, 0.2) is 76.2 Å². The van der Waals surface area contributed by atoms with Crippen LogP contribution >= 0.6 is 0 Å². The first kappa shape index (κ1) is 20.2. The fraction of sp³-hybridized carbons (Fsp3) is 0.0455. The number of carbonyl (C=O) groups is 1. The first-order valence-electron chi connectivity index (χ1n) is 9.72. The third kappa shape index (κ3) is 3.87. The molecular weight excluding hydrogens is 434 g/mol. The lowest BCUT2D eigenvalue weighted by atomic mass is 10.2. The van der Waals surface area contributed by atoms with Gasteiger partial charge < -0.3 is 9.84 Å². The Kier molecular flexibility index (Phi) is 4.98. The fourth-order valence-electron chi connectivity index (χ4n) is 3.26. The number of pyridine rings is 1. The van der Waals surface area contributed by atoms with E-state index in [1.165, 1.54) is 10.6 Å². The number of anilines is 1. The Labute approximate surface area is 183 Å². The third-order valence-electron chi connectivity index (χ3n) is 4.80. The van der Waals surface area contributed by atoms with Crippen molar-refractivity contribution in [3.63, 3.8) is 0 Å². The van der Waals surface area contributed by atoms with Gasteiger partial charge in [0.1, 0.15) is 18.2 Å². The van der Waals surface area contributed by atoms with Gasteiger partial charge in [-0.3, -0.25) is 4.79 Å². The zero-order valence-corrected chi connectivity index (χ0v) is 16.8. The highest BCUT2D eigenvalue weighted by Gasteiger charge is 2.19. The lowest BCUT2D eigenvalue weighted by Crippen LogP contribution is -2.28. The Morgan fingerprint density at radius 2 is 1.88 bits per heavy atom. The number of hydrogen-bond acceptors (Lipinski definition) is 6. The number of carbonyl (C=O) groups excluding carboxylic acids is 1. The molecule has 0 aliphatic rings. The maximum absolute atomic E-state index is 13.8. The van der Waals surface area contributed by atoms with Gasteiger partial charge in [-0.1, -0.05) is 35.5 Å². The van der Waals surface area contributed by atoms with E-state index >= 15 is 0 Å². The zero-order chi connectivity index (χ0) is 22.9. The number of amides is 1. The summed E-state index contributed by atoms with van der Waals surface area (Å²) in [5.41, 5.74) is 0.550. The highest BCUT2D eigenvalue weighted by molar-refractivity contribution is 5.90. The largest absolute Gasteiger partial charge is 0.350 e. The van der Waals surface area contributed by atoms with Crippen LogP contribution in [-0.4, -0.2) is 30.2 Å². The Morgan fingerprint density at radius 1 is 1.06 bits per heavy atom. The summed E-state index contributed by atoms with van der Waals surface area (Å²) in [5, 5.41) is 10.5. The second kappa shape index (κ2) is 8.11. The van der Waals surface area contributed by atoms with E-state index in [-0.39, 0.29) is 17.2 Å². The van der Waals surface area contributed by atoms with Gasteiger partial charge in [0.2, 0.25) is 11.7 Å². The minimum absolute atomic E-state index is 0.148. The van der Waals surface area contributed by atoms with Gasteiger partial charge in [-0.15, -0.1) is 5.10 Å². The molecule has 0 atom stereocenters. The maximum atomic E-state index is 13.8. The molecule has 164 valence electrons. The van der Waals surface area contributed by atoms with Gasteiger partial charge in [-0.2, -0.15) is 4.98 Å². The summed E-state index contributed by atoms with van der Waals surface area (Å²) in [7, 11) is 0. The minimum Gasteiger partial charge on any atom is -0.333 e. The molecule has 0 aliphatic carbocycles. The average molecular weight is 448 g/mol. The predicted molar refractivity (Wildman–Crippen MR) is 113 cm³/mol. The zero-order valence-electron chi connectivity index (χ0n) is 16.8. The van der Waals surface area contributed by atoms with Crippen molar-refractivity contribution in [1.29, 1.82) is 0 Å². The molecule has 0 unspecified atom stereocenters. The Balaban J connectivity index is 1.45. The smallest absolute Gasteiger partial charge is 0.333 e. The summed E-state index contributed by atoms with van der Waals surface area (Å²) in [6.07, 6.45) is 1.48. The van der Waals surface area contributed by atoms with E-state index in [9.17, 15) is 18.4 Å². The van der Waals surface area contributed by atoms with Gasteiger partial charge in [0.05, 0.1) is 11.3 Å². The summed E-state index contributed by atoms with van der Waals surface area (Å²) < 4.78 is 34.4. The van der Waals surface area contributed by atoms with Crippen LogP contribution in [0.1, 0.15) is 0 Å². The Hall–Kier alpha value is -4.67. The maximum Gasteiger partial charge on any atom is 0.350 e. The van der Waals surface area contributed by atoms with E-state index in [0.717, 1.165) is 22.4 Å². The molecule has 0 saturated carbocycles. The van der Waals surface area contributed by atoms with E-state index in [0.29, 0.717) is 17.5 Å². The monoisotopic (exact) mass is 448 g/mol. The molecule has 0 spiro atoms. The highest BCUT2D eigenvalue weighted by Crippen LogP contribution is 2.24. The van der Waals surface area contributed by atoms with Crippen LogP contribution in [0.3, 0.4) is 0 Å². The second-order valence-electron chi connectivity index (χ2n) is 7.02. The average Bonchev–Trinajstić information content (AvgIpc) is 3.42. The van der Waals surface area contributed by atoms with Crippen molar-refractivity contribution >= 4 is 17.2 Å². The molecule has 11 heteroatoms. The number of halogens is 2. The predicted octanol–water partition coefficient (Wildman–Crippen LogP) is 3.13. The lowest BCUT2D eigenvalue weighted by molar-refractivity contribution is -0.117. The van der Waals surface area contributed by atoms with Crippen LogP contribution in [-0.2, 0) is 11.3 Å². The van der Waals surface area contributed by atoms with Gasteiger partial charge in [0.15, 0.2) is 5.65 Å². The number of rotatable bonds is 5. The molecule has 0 fully saturated rings. The molecule has 0 bridgehead atoms.